The van der Waals surface area contributed by atoms with E-state index >= 15 is 0 Å². The highest BCUT2D eigenvalue weighted by Crippen LogP contribution is 2.25. The Bertz CT molecular complexity index is 288. The first-order chi connectivity index (χ1) is 6.83. The molecule has 0 aromatic carbocycles. The SMILES string of the molecule is CCC1CN(c2ccc(NC)nc2)C1. The quantitative estimate of drug-likeness (QED) is 0.791. The topological polar surface area (TPSA) is 28.2 Å². The van der Waals surface area contributed by atoms with Crippen LogP contribution in [0, 0.1) is 5.92 Å². The summed E-state index contributed by atoms with van der Waals surface area (Å²) in [6, 6.07) is 4.15. The Morgan fingerprint density at radius 2 is 2.29 bits per heavy atom. The predicted octanol–water partition coefficient (Wildman–Crippen LogP) is 1.97. The van der Waals surface area contributed by atoms with Gasteiger partial charge in [-0.15, -0.1) is 0 Å². The van der Waals surface area contributed by atoms with Gasteiger partial charge in [0.2, 0.25) is 0 Å². The Morgan fingerprint density at radius 1 is 1.50 bits per heavy atom. The molecule has 2 heterocycles. The largest absolute Gasteiger partial charge is 0.373 e. The second-order valence-electron chi connectivity index (χ2n) is 3.83. The van der Waals surface area contributed by atoms with Crippen LogP contribution in [-0.2, 0) is 0 Å². The summed E-state index contributed by atoms with van der Waals surface area (Å²) in [5.74, 6) is 1.82. The lowest BCUT2D eigenvalue weighted by Crippen LogP contribution is -2.46. The highest BCUT2D eigenvalue weighted by Gasteiger charge is 2.24. The van der Waals surface area contributed by atoms with Gasteiger partial charge in [0.15, 0.2) is 0 Å². The second kappa shape index (κ2) is 3.86. The van der Waals surface area contributed by atoms with Crippen LogP contribution >= 0.6 is 0 Å². The molecular formula is C11H17N3. The molecule has 14 heavy (non-hydrogen) atoms. The number of aromatic nitrogens is 1. The number of rotatable bonds is 3. The van der Waals surface area contributed by atoms with Crippen molar-refractivity contribution in [2.45, 2.75) is 13.3 Å². The van der Waals surface area contributed by atoms with Gasteiger partial charge < -0.3 is 10.2 Å². The lowest BCUT2D eigenvalue weighted by atomic mass is 9.97. The van der Waals surface area contributed by atoms with E-state index in [1.165, 1.54) is 25.2 Å². The van der Waals surface area contributed by atoms with Crippen LogP contribution in [0.15, 0.2) is 18.3 Å². The number of pyridine rings is 1. The standard InChI is InChI=1S/C11H17N3/c1-3-9-7-14(8-9)10-4-5-11(12-2)13-6-10/h4-6,9H,3,7-8H2,1-2H3,(H,12,13). The van der Waals surface area contributed by atoms with Crippen molar-refractivity contribution in [2.75, 3.05) is 30.4 Å². The Morgan fingerprint density at radius 3 is 2.79 bits per heavy atom. The maximum absolute atomic E-state index is 4.30. The van der Waals surface area contributed by atoms with Gasteiger partial charge in [-0.25, -0.2) is 4.98 Å². The minimum Gasteiger partial charge on any atom is -0.373 e. The van der Waals surface area contributed by atoms with Crippen molar-refractivity contribution in [1.82, 2.24) is 4.98 Å². The van der Waals surface area contributed by atoms with Crippen molar-refractivity contribution in [3.63, 3.8) is 0 Å². The van der Waals surface area contributed by atoms with Crippen LogP contribution in [0.4, 0.5) is 11.5 Å². The summed E-state index contributed by atoms with van der Waals surface area (Å²) < 4.78 is 0. The normalized spacial score (nSPS) is 16.6. The van der Waals surface area contributed by atoms with E-state index in [1.807, 2.05) is 19.3 Å². The van der Waals surface area contributed by atoms with E-state index in [0.29, 0.717) is 0 Å². The molecule has 1 aliphatic heterocycles. The molecule has 1 aliphatic rings. The maximum atomic E-state index is 4.30. The van der Waals surface area contributed by atoms with E-state index in [4.69, 9.17) is 0 Å². The van der Waals surface area contributed by atoms with E-state index in [1.54, 1.807) is 0 Å². The molecule has 0 radical (unpaired) electrons. The van der Waals surface area contributed by atoms with Gasteiger partial charge in [-0.3, -0.25) is 0 Å². The third kappa shape index (κ3) is 1.67. The average Bonchev–Trinajstić information content (AvgIpc) is 2.17. The molecule has 3 nitrogen and oxygen atoms in total. The van der Waals surface area contributed by atoms with E-state index in [0.717, 1.165) is 11.7 Å². The van der Waals surface area contributed by atoms with Crippen molar-refractivity contribution in [3.05, 3.63) is 18.3 Å². The molecule has 0 bridgehead atoms. The monoisotopic (exact) mass is 191 g/mol. The van der Waals surface area contributed by atoms with E-state index in [-0.39, 0.29) is 0 Å². The Hall–Kier alpha value is -1.25. The molecule has 1 aromatic heterocycles. The molecule has 1 N–H and O–H groups in total. The van der Waals surface area contributed by atoms with Crippen molar-refractivity contribution >= 4 is 11.5 Å². The molecule has 3 heteroatoms. The first kappa shape index (κ1) is 9.31. The number of hydrogen-bond donors (Lipinski definition) is 1. The minimum atomic E-state index is 0.888. The molecule has 1 aromatic rings. The highest BCUT2D eigenvalue weighted by molar-refractivity contribution is 5.51. The zero-order chi connectivity index (χ0) is 9.97. The first-order valence-corrected chi connectivity index (χ1v) is 5.22. The lowest BCUT2D eigenvalue weighted by Gasteiger charge is -2.40. The zero-order valence-corrected chi connectivity index (χ0v) is 8.83. The molecule has 0 spiro atoms. The van der Waals surface area contributed by atoms with Crippen LogP contribution in [-0.4, -0.2) is 25.1 Å². The van der Waals surface area contributed by atoms with Gasteiger partial charge in [-0.05, 0) is 24.5 Å². The fraction of sp³-hybridized carbons (Fsp3) is 0.545. The first-order valence-electron chi connectivity index (χ1n) is 5.22. The number of hydrogen-bond acceptors (Lipinski definition) is 3. The Kier molecular flexibility index (Phi) is 2.57. The van der Waals surface area contributed by atoms with Crippen LogP contribution in [0.1, 0.15) is 13.3 Å². The van der Waals surface area contributed by atoms with E-state index < -0.39 is 0 Å². The van der Waals surface area contributed by atoms with E-state index in [9.17, 15) is 0 Å². The summed E-state index contributed by atoms with van der Waals surface area (Å²) in [6.07, 6.45) is 3.23. The summed E-state index contributed by atoms with van der Waals surface area (Å²) in [6.45, 7) is 4.64. The van der Waals surface area contributed by atoms with Crippen molar-refractivity contribution in [3.8, 4) is 0 Å². The molecular weight excluding hydrogens is 174 g/mol. The maximum Gasteiger partial charge on any atom is 0.125 e. The van der Waals surface area contributed by atoms with Crippen LogP contribution in [0.5, 0.6) is 0 Å². The third-order valence-electron chi connectivity index (χ3n) is 2.90. The average molecular weight is 191 g/mol. The molecule has 0 saturated carbocycles. The Labute approximate surface area is 85.1 Å². The molecule has 1 saturated heterocycles. The predicted molar refractivity (Wildman–Crippen MR) is 59.8 cm³/mol. The molecule has 1 fully saturated rings. The zero-order valence-electron chi connectivity index (χ0n) is 8.83. The Balaban J connectivity index is 1.98. The van der Waals surface area contributed by atoms with E-state index in [2.05, 4.69) is 28.2 Å². The lowest BCUT2D eigenvalue weighted by molar-refractivity contribution is 0.398. The van der Waals surface area contributed by atoms with Gasteiger partial charge in [0.1, 0.15) is 5.82 Å². The van der Waals surface area contributed by atoms with Crippen LogP contribution in [0.25, 0.3) is 0 Å². The molecule has 0 atom stereocenters. The summed E-state index contributed by atoms with van der Waals surface area (Å²) in [5, 5.41) is 3.02. The number of anilines is 2. The van der Waals surface area contributed by atoms with Crippen molar-refractivity contribution in [2.24, 2.45) is 5.92 Å². The van der Waals surface area contributed by atoms with Crippen molar-refractivity contribution in [1.29, 1.82) is 0 Å². The number of nitrogens with one attached hydrogen (secondary N) is 1. The summed E-state index contributed by atoms with van der Waals surface area (Å²) in [5.41, 5.74) is 1.24. The summed E-state index contributed by atoms with van der Waals surface area (Å²) >= 11 is 0. The molecule has 0 unspecified atom stereocenters. The van der Waals surface area contributed by atoms with Gasteiger partial charge in [0.05, 0.1) is 11.9 Å². The third-order valence-corrected chi connectivity index (χ3v) is 2.90. The van der Waals surface area contributed by atoms with Gasteiger partial charge in [0, 0.05) is 20.1 Å². The van der Waals surface area contributed by atoms with Gasteiger partial charge in [-0.1, -0.05) is 6.92 Å². The second-order valence-corrected chi connectivity index (χ2v) is 3.83. The minimum absolute atomic E-state index is 0.888. The summed E-state index contributed by atoms with van der Waals surface area (Å²) in [4.78, 5) is 6.67. The fourth-order valence-corrected chi connectivity index (χ4v) is 1.76. The van der Waals surface area contributed by atoms with Crippen LogP contribution in [0.3, 0.4) is 0 Å². The van der Waals surface area contributed by atoms with Gasteiger partial charge in [0.25, 0.3) is 0 Å². The number of nitrogens with zero attached hydrogens (tertiary/aromatic N) is 2. The smallest absolute Gasteiger partial charge is 0.125 e. The molecule has 0 amide bonds. The molecule has 2 rings (SSSR count). The molecule has 0 aliphatic carbocycles. The van der Waals surface area contributed by atoms with Crippen LogP contribution < -0.4 is 10.2 Å². The van der Waals surface area contributed by atoms with Crippen molar-refractivity contribution < 1.29 is 0 Å². The summed E-state index contributed by atoms with van der Waals surface area (Å²) in [7, 11) is 1.89. The molecule has 76 valence electrons. The highest BCUT2D eigenvalue weighted by atomic mass is 15.2. The fourth-order valence-electron chi connectivity index (χ4n) is 1.76. The van der Waals surface area contributed by atoms with Gasteiger partial charge >= 0.3 is 0 Å². The van der Waals surface area contributed by atoms with Crippen LogP contribution in [0.2, 0.25) is 0 Å². The van der Waals surface area contributed by atoms with Gasteiger partial charge in [-0.2, -0.15) is 0 Å².